The molecule has 4 nitrogen and oxygen atoms in total. The second-order valence-electron chi connectivity index (χ2n) is 4.04. The molecule has 0 saturated carbocycles. The highest BCUT2D eigenvalue weighted by atomic mass is 79.9. The number of alkyl halides is 1. The summed E-state index contributed by atoms with van der Waals surface area (Å²) in [5, 5.41) is 9.30. The van der Waals surface area contributed by atoms with Gasteiger partial charge >= 0.3 is 0 Å². The van der Waals surface area contributed by atoms with Crippen LogP contribution in [-0.2, 0) is 0 Å². The molecule has 1 atom stereocenters. The zero-order chi connectivity index (χ0) is 10.8. The van der Waals surface area contributed by atoms with Crippen LogP contribution in [0.25, 0.3) is 0 Å². The smallest absolute Gasteiger partial charge is 0.245 e. The summed E-state index contributed by atoms with van der Waals surface area (Å²) in [6.45, 7) is 5.99. The summed E-state index contributed by atoms with van der Waals surface area (Å²) in [6, 6.07) is 0. The molecule has 0 amide bonds. The van der Waals surface area contributed by atoms with Gasteiger partial charge in [-0.1, -0.05) is 15.9 Å². The predicted molar refractivity (Wildman–Crippen MR) is 63.4 cm³/mol. The largest absolute Gasteiger partial charge is 0.339 e. The molecule has 0 bridgehead atoms. The summed E-state index contributed by atoms with van der Waals surface area (Å²) < 4.78 is 0. The molecule has 2 heterocycles. The van der Waals surface area contributed by atoms with Crippen LogP contribution < -0.4 is 4.90 Å². The van der Waals surface area contributed by atoms with Crippen molar-refractivity contribution in [2.75, 3.05) is 23.3 Å². The minimum atomic E-state index is 0.718. The summed E-state index contributed by atoms with van der Waals surface area (Å²) in [4.78, 5) is 6.67. The molecule has 2 rings (SSSR count). The van der Waals surface area contributed by atoms with Gasteiger partial charge in [-0.2, -0.15) is 5.10 Å². The number of anilines is 1. The van der Waals surface area contributed by atoms with E-state index >= 15 is 0 Å². The maximum atomic E-state index is 4.46. The van der Waals surface area contributed by atoms with Gasteiger partial charge in [-0.25, -0.2) is 4.98 Å². The van der Waals surface area contributed by atoms with Crippen LogP contribution in [0.4, 0.5) is 5.95 Å². The van der Waals surface area contributed by atoms with Gasteiger partial charge in [-0.3, -0.25) is 0 Å². The van der Waals surface area contributed by atoms with Gasteiger partial charge in [0.1, 0.15) is 0 Å². The number of nitrogens with zero attached hydrogens (tertiary/aromatic N) is 4. The first-order valence-electron chi connectivity index (χ1n) is 5.19. The zero-order valence-electron chi connectivity index (χ0n) is 9.07. The Morgan fingerprint density at radius 2 is 2.13 bits per heavy atom. The lowest BCUT2D eigenvalue weighted by molar-refractivity contribution is 0.673. The van der Waals surface area contributed by atoms with Crippen LogP contribution in [0.3, 0.4) is 0 Å². The molecular formula is C10H15BrN4. The van der Waals surface area contributed by atoms with Crippen LogP contribution in [0, 0.1) is 19.8 Å². The number of rotatable bonds is 2. The SMILES string of the molecule is Cc1nnc(N2CCC(CBr)C2)nc1C. The van der Waals surface area contributed by atoms with Gasteiger partial charge in [0.15, 0.2) is 0 Å². The molecule has 1 aliphatic heterocycles. The first-order chi connectivity index (χ1) is 7.20. The van der Waals surface area contributed by atoms with E-state index in [0.29, 0.717) is 0 Å². The highest BCUT2D eigenvalue weighted by Crippen LogP contribution is 2.21. The van der Waals surface area contributed by atoms with Crippen LogP contribution in [0.2, 0.25) is 0 Å². The van der Waals surface area contributed by atoms with Crippen molar-refractivity contribution < 1.29 is 0 Å². The van der Waals surface area contributed by atoms with Crippen LogP contribution in [0.5, 0.6) is 0 Å². The highest BCUT2D eigenvalue weighted by molar-refractivity contribution is 9.09. The molecule has 1 aromatic heterocycles. The van der Waals surface area contributed by atoms with Gasteiger partial charge in [0.2, 0.25) is 5.95 Å². The minimum absolute atomic E-state index is 0.718. The Bertz CT molecular complexity index is 355. The molecule has 1 fully saturated rings. The summed E-state index contributed by atoms with van der Waals surface area (Å²) in [5.74, 6) is 1.50. The van der Waals surface area contributed by atoms with Crippen molar-refractivity contribution >= 4 is 21.9 Å². The lowest BCUT2D eigenvalue weighted by atomic mass is 10.2. The van der Waals surface area contributed by atoms with Crippen molar-refractivity contribution in [3.05, 3.63) is 11.4 Å². The Labute approximate surface area is 98.2 Å². The molecule has 15 heavy (non-hydrogen) atoms. The predicted octanol–water partition coefficient (Wildman–Crippen LogP) is 1.71. The molecular weight excluding hydrogens is 256 g/mol. The first kappa shape index (κ1) is 10.8. The van der Waals surface area contributed by atoms with E-state index in [9.17, 15) is 0 Å². The Kier molecular flexibility index (Phi) is 3.19. The molecule has 1 saturated heterocycles. The van der Waals surface area contributed by atoms with E-state index in [1.165, 1.54) is 6.42 Å². The van der Waals surface area contributed by atoms with Crippen molar-refractivity contribution in [1.82, 2.24) is 15.2 Å². The van der Waals surface area contributed by atoms with E-state index in [-0.39, 0.29) is 0 Å². The van der Waals surface area contributed by atoms with Crippen LogP contribution in [-0.4, -0.2) is 33.6 Å². The number of hydrogen-bond donors (Lipinski definition) is 0. The van der Waals surface area contributed by atoms with Gasteiger partial charge in [0.25, 0.3) is 0 Å². The van der Waals surface area contributed by atoms with Gasteiger partial charge in [-0.15, -0.1) is 5.10 Å². The third kappa shape index (κ3) is 2.27. The van der Waals surface area contributed by atoms with Crippen molar-refractivity contribution in [2.45, 2.75) is 20.3 Å². The molecule has 1 aliphatic rings. The maximum Gasteiger partial charge on any atom is 0.245 e. The fraction of sp³-hybridized carbons (Fsp3) is 0.700. The highest BCUT2D eigenvalue weighted by Gasteiger charge is 2.23. The number of aryl methyl sites for hydroxylation is 2. The van der Waals surface area contributed by atoms with Gasteiger partial charge < -0.3 is 4.90 Å². The molecule has 82 valence electrons. The quantitative estimate of drug-likeness (QED) is 0.768. The van der Waals surface area contributed by atoms with Crippen LogP contribution in [0.1, 0.15) is 17.8 Å². The number of halogens is 1. The average Bonchev–Trinajstić information content (AvgIpc) is 2.70. The summed E-state index contributed by atoms with van der Waals surface area (Å²) in [5.41, 5.74) is 1.89. The lowest BCUT2D eigenvalue weighted by Crippen LogP contribution is -2.23. The van der Waals surface area contributed by atoms with E-state index in [2.05, 4.69) is 36.0 Å². The van der Waals surface area contributed by atoms with Crippen molar-refractivity contribution in [1.29, 1.82) is 0 Å². The van der Waals surface area contributed by atoms with Crippen LogP contribution in [0.15, 0.2) is 0 Å². The monoisotopic (exact) mass is 270 g/mol. The topological polar surface area (TPSA) is 41.9 Å². The number of aromatic nitrogens is 3. The maximum absolute atomic E-state index is 4.46. The zero-order valence-corrected chi connectivity index (χ0v) is 10.7. The number of hydrogen-bond acceptors (Lipinski definition) is 4. The normalized spacial score (nSPS) is 21.0. The first-order valence-corrected chi connectivity index (χ1v) is 6.31. The second kappa shape index (κ2) is 4.43. The average molecular weight is 271 g/mol. The summed E-state index contributed by atoms with van der Waals surface area (Å²) in [7, 11) is 0. The molecule has 1 aromatic rings. The third-order valence-electron chi connectivity index (χ3n) is 2.87. The Hall–Kier alpha value is -0.710. The van der Waals surface area contributed by atoms with E-state index < -0.39 is 0 Å². The fourth-order valence-electron chi connectivity index (χ4n) is 1.72. The van der Waals surface area contributed by atoms with E-state index in [1.54, 1.807) is 0 Å². The lowest BCUT2D eigenvalue weighted by Gasteiger charge is -2.15. The Balaban J connectivity index is 2.13. The van der Waals surface area contributed by atoms with E-state index in [4.69, 9.17) is 0 Å². The van der Waals surface area contributed by atoms with Crippen LogP contribution >= 0.6 is 15.9 Å². The Morgan fingerprint density at radius 3 is 2.73 bits per heavy atom. The van der Waals surface area contributed by atoms with Gasteiger partial charge in [-0.05, 0) is 26.2 Å². The summed E-state index contributed by atoms with van der Waals surface area (Å²) >= 11 is 3.52. The van der Waals surface area contributed by atoms with E-state index in [1.807, 2.05) is 13.8 Å². The standard InChI is InChI=1S/C10H15BrN4/c1-7-8(2)13-14-10(12-7)15-4-3-9(5-11)6-15/h9H,3-6H2,1-2H3. The molecule has 0 N–H and O–H groups in total. The molecule has 5 heteroatoms. The van der Waals surface area contributed by atoms with Gasteiger partial charge in [0.05, 0.1) is 11.4 Å². The molecule has 0 spiro atoms. The Morgan fingerprint density at radius 1 is 1.33 bits per heavy atom. The third-order valence-corrected chi connectivity index (χ3v) is 3.78. The molecule has 0 aromatic carbocycles. The van der Waals surface area contributed by atoms with E-state index in [0.717, 1.165) is 41.7 Å². The van der Waals surface area contributed by atoms with Gasteiger partial charge in [0, 0.05) is 18.4 Å². The van der Waals surface area contributed by atoms with Crippen molar-refractivity contribution in [3.8, 4) is 0 Å². The molecule has 1 unspecified atom stereocenters. The van der Waals surface area contributed by atoms with Crippen molar-refractivity contribution in [3.63, 3.8) is 0 Å². The molecule has 0 radical (unpaired) electrons. The second-order valence-corrected chi connectivity index (χ2v) is 4.69. The molecule has 0 aliphatic carbocycles. The summed E-state index contributed by atoms with van der Waals surface area (Å²) in [6.07, 6.45) is 1.21. The van der Waals surface area contributed by atoms with Crippen molar-refractivity contribution in [2.24, 2.45) is 5.92 Å². The fourth-order valence-corrected chi connectivity index (χ4v) is 2.25. The minimum Gasteiger partial charge on any atom is -0.339 e.